The topological polar surface area (TPSA) is 70.7 Å². The molecule has 0 atom stereocenters. The van der Waals surface area contributed by atoms with E-state index in [0.29, 0.717) is 30.7 Å². The Balaban J connectivity index is 1.84. The lowest BCUT2D eigenvalue weighted by Gasteiger charge is -2.28. The van der Waals surface area contributed by atoms with Crippen LogP contribution in [0.25, 0.3) is 0 Å². The third-order valence-electron chi connectivity index (χ3n) is 5.92. The maximum Gasteiger partial charge on any atom is 0.416 e. The fraction of sp³-hybridized carbons (Fsp3) is 0.385. The summed E-state index contributed by atoms with van der Waals surface area (Å²) in [5.41, 5.74) is -3.01. The number of carbonyl (C=O) groups is 2. The first-order valence-corrected chi connectivity index (χ1v) is 12.0. The van der Waals surface area contributed by atoms with E-state index < -0.39 is 47.6 Å². The average molecular weight is 559 g/mol. The molecule has 0 fully saturated rings. The van der Waals surface area contributed by atoms with Crippen LogP contribution in [0, 0.1) is 0 Å². The summed E-state index contributed by atoms with van der Waals surface area (Å²) in [5.74, 6) is 0.00430. The molecule has 0 spiro atoms. The van der Waals surface area contributed by atoms with Crippen LogP contribution >= 0.6 is 0 Å². The summed E-state index contributed by atoms with van der Waals surface area (Å²) in [6.07, 6.45) is -5.81. The third kappa shape index (κ3) is 8.29. The van der Waals surface area contributed by atoms with Crippen LogP contribution in [0.5, 0.6) is 0 Å². The van der Waals surface area contributed by atoms with Gasteiger partial charge in [0.15, 0.2) is 0 Å². The molecule has 1 aromatic carbocycles. The molecule has 212 valence electrons. The number of halogens is 6. The van der Waals surface area contributed by atoms with E-state index >= 15 is 0 Å². The fourth-order valence-corrected chi connectivity index (χ4v) is 3.77. The zero-order valence-electron chi connectivity index (χ0n) is 21.3. The Morgan fingerprint density at radius 1 is 0.949 bits per heavy atom. The predicted octanol–water partition coefficient (Wildman–Crippen LogP) is 6.52. The number of aryl methyl sites for hydroxylation is 1. The second kappa shape index (κ2) is 12.3. The molecule has 0 saturated carbocycles. The molecular weight excluding hydrogens is 530 g/mol. The maximum absolute atomic E-state index is 13.4. The predicted molar refractivity (Wildman–Crippen MR) is 130 cm³/mol. The van der Waals surface area contributed by atoms with Crippen molar-refractivity contribution in [2.24, 2.45) is 7.05 Å². The van der Waals surface area contributed by atoms with E-state index in [4.69, 9.17) is 4.42 Å². The van der Waals surface area contributed by atoms with Crippen LogP contribution in [0.1, 0.15) is 42.3 Å². The van der Waals surface area contributed by atoms with E-state index in [0.717, 1.165) is 10.6 Å². The van der Waals surface area contributed by atoms with E-state index in [1.54, 1.807) is 31.4 Å². The van der Waals surface area contributed by atoms with Gasteiger partial charge in [0.05, 0.1) is 30.5 Å². The number of hydrogen-bond donors (Lipinski definition) is 1. The fourth-order valence-electron chi connectivity index (χ4n) is 3.77. The van der Waals surface area contributed by atoms with E-state index in [-0.39, 0.29) is 25.7 Å². The van der Waals surface area contributed by atoms with Crippen LogP contribution in [-0.4, -0.2) is 39.4 Å². The lowest BCUT2D eigenvalue weighted by atomic mass is 10.1. The van der Waals surface area contributed by atoms with Crippen LogP contribution < -0.4 is 5.32 Å². The number of urea groups is 1. The van der Waals surface area contributed by atoms with Crippen molar-refractivity contribution < 1.29 is 40.3 Å². The number of hydrogen-bond acceptors (Lipinski definition) is 3. The highest BCUT2D eigenvalue weighted by Gasteiger charge is 2.37. The molecule has 3 rings (SSSR count). The molecule has 0 radical (unpaired) electrons. The minimum Gasteiger partial charge on any atom is -0.467 e. The molecule has 39 heavy (non-hydrogen) atoms. The molecule has 3 aromatic rings. The summed E-state index contributed by atoms with van der Waals surface area (Å²) in [7, 11) is 1.80. The Labute approximate surface area is 221 Å². The molecule has 13 heteroatoms. The van der Waals surface area contributed by atoms with Crippen molar-refractivity contribution in [1.29, 1.82) is 0 Å². The number of amides is 3. The van der Waals surface area contributed by atoms with Crippen molar-refractivity contribution in [2.75, 3.05) is 18.4 Å². The van der Waals surface area contributed by atoms with Gasteiger partial charge in [0.1, 0.15) is 12.3 Å². The molecular formula is C26H28F6N4O3. The highest BCUT2D eigenvalue weighted by Crippen LogP contribution is 2.37. The SMILES string of the molecule is CCCCN(CC(=O)N(Cc1ccco1)Cc1cccn1C)C(=O)Nc1cc(C(F)(F)F)cc(C(F)(F)F)c1. The lowest BCUT2D eigenvalue weighted by molar-refractivity contribution is -0.143. The second-order valence-corrected chi connectivity index (χ2v) is 8.94. The number of alkyl halides is 6. The lowest BCUT2D eigenvalue weighted by Crippen LogP contribution is -2.44. The second-order valence-electron chi connectivity index (χ2n) is 8.94. The van der Waals surface area contributed by atoms with Crippen LogP contribution in [-0.2, 0) is 37.3 Å². The number of nitrogens with one attached hydrogen (secondary N) is 1. The Morgan fingerprint density at radius 2 is 1.62 bits per heavy atom. The molecule has 0 aliphatic rings. The monoisotopic (exact) mass is 558 g/mol. The van der Waals surface area contributed by atoms with Gasteiger partial charge in [-0.25, -0.2) is 4.79 Å². The molecule has 0 aliphatic carbocycles. The number of furan rings is 1. The summed E-state index contributed by atoms with van der Waals surface area (Å²) in [4.78, 5) is 28.9. The first kappa shape index (κ1) is 29.7. The number of anilines is 1. The summed E-state index contributed by atoms with van der Waals surface area (Å²) < 4.78 is 86.7. The number of benzene rings is 1. The van der Waals surface area contributed by atoms with Crippen LogP contribution in [0.3, 0.4) is 0 Å². The zero-order valence-corrected chi connectivity index (χ0v) is 21.3. The van der Waals surface area contributed by atoms with Crippen LogP contribution in [0.2, 0.25) is 0 Å². The number of rotatable bonds is 10. The molecule has 7 nitrogen and oxygen atoms in total. The molecule has 1 N–H and O–H groups in total. The van der Waals surface area contributed by atoms with Gasteiger partial charge >= 0.3 is 18.4 Å². The molecule has 0 saturated heterocycles. The van der Waals surface area contributed by atoms with Gasteiger partial charge in [0.2, 0.25) is 5.91 Å². The minimum atomic E-state index is -5.07. The molecule has 0 unspecified atom stereocenters. The van der Waals surface area contributed by atoms with Gasteiger partial charge in [0.25, 0.3) is 0 Å². The van der Waals surface area contributed by atoms with E-state index in [9.17, 15) is 35.9 Å². The third-order valence-corrected chi connectivity index (χ3v) is 5.92. The van der Waals surface area contributed by atoms with Crippen molar-refractivity contribution in [3.63, 3.8) is 0 Å². The zero-order chi connectivity index (χ0) is 28.8. The van der Waals surface area contributed by atoms with Crippen molar-refractivity contribution in [3.05, 3.63) is 77.5 Å². The first-order valence-electron chi connectivity index (χ1n) is 12.0. The maximum atomic E-state index is 13.4. The van der Waals surface area contributed by atoms with Crippen molar-refractivity contribution in [1.82, 2.24) is 14.4 Å². The van der Waals surface area contributed by atoms with Gasteiger partial charge in [-0.3, -0.25) is 4.79 Å². The minimum absolute atomic E-state index is 0.0237. The summed E-state index contributed by atoms with van der Waals surface area (Å²) >= 11 is 0. The van der Waals surface area contributed by atoms with Crippen LogP contribution in [0.15, 0.2) is 59.3 Å². The van der Waals surface area contributed by atoms with Gasteiger partial charge in [-0.1, -0.05) is 13.3 Å². The average Bonchev–Trinajstić information content (AvgIpc) is 3.51. The Bertz CT molecular complexity index is 1220. The molecule has 0 aliphatic heterocycles. The normalized spacial score (nSPS) is 11.9. The van der Waals surface area contributed by atoms with Gasteiger partial charge in [-0.2, -0.15) is 26.3 Å². The van der Waals surface area contributed by atoms with Gasteiger partial charge in [0, 0.05) is 31.2 Å². The van der Waals surface area contributed by atoms with E-state index in [2.05, 4.69) is 5.32 Å². The highest BCUT2D eigenvalue weighted by atomic mass is 19.4. The van der Waals surface area contributed by atoms with E-state index in [1.807, 2.05) is 17.6 Å². The highest BCUT2D eigenvalue weighted by molar-refractivity contribution is 5.92. The van der Waals surface area contributed by atoms with Crippen LogP contribution in [0.4, 0.5) is 36.8 Å². The molecule has 0 bridgehead atoms. The molecule has 2 aromatic heterocycles. The van der Waals surface area contributed by atoms with Crippen molar-refractivity contribution in [3.8, 4) is 0 Å². The van der Waals surface area contributed by atoms with E-state index in [1.165, 1.54) is 11.2 Å². The Kier molecular flexibility index (Phi) is 9.36. The summed E-state index contributed by atoms with van der Waals surface area (Å²) in [6.45, 7) is 1.69. The van der Waals surface area contributed by atoms with Gasteiger partial charge in [-0.15, -0.1) is 0 Å². The largest absolute Gasteiger partial charge is 0.467 e. The number of unbranched alkanes of at least 4 members (excludes halogenated alkanes) is 1. The molecule has 3 amide bonds. The Morgan fingerprint density at radius 3 is 2.13 bits per heavy atom. The summed E-state index contributed by atoms with van der Waals surface area (Å²) in [6, 6.07) is 6.78. The van der Waals surface area contributed by atoms with Gasteiger partial charge < -0.3 is 24.1 Å². The smallest absolute Gasteiger partial charge is 0.416 e. The van der Waals surface area contributed by atoms with Crippen molar-refractivity contribution in [2.45, 2.75) is 45.2 Å². The molecule has 2 heterocycles. The first-order chi connectivity index (χ1) is 18.3. The quantitative estimate of drug-likeness (QED) is 0.288. The van der Waals surface area contributed by atoms with Crippen molar-refractivity contribution >= 4 is 17.6 Å². The Hall–Kier alpha value is -3.90. The standard InChI is InChI=1S/C26H28F6N4O3/c1-3-4-10-35(24(38)33-20-13-18(25(27,28)29)12-19(14-20)26(30,31)32)17-23(37)36(16-22-8-6-11-39-22)15-21-7-5-9-34(21)2/h5-9,11-14H,3-4,10,15-17H2,1-2H3,(H,33,38). The number of nitrogens with zero attached hydrogens (tertiary/aromatic N) is 3. The number of aromatic nitrogens is 1. The van der Waals surface area contributed by atoms with Gasteiger partial charge in [-0.05, 0) is 48.9 Å². The summed E-state index contributed by atoms with van der Waals surface area (Å²) in [5, 5.41) is 2.11. The number of carbonyl (C=O) groups excluding carboxylic acids is 2.